The van der Waals surface area contributed by atoms with Crippen molar-refractivity contribution in [3.63, 3.8) is 0 Å². The van der Waals surface area contributed by atoms with Gasteiger partial charge < -0.3 is 10.2 Å². The Morgan fingerprint density at radius 2 is 2.25 bits per heavy atom. The van der Waals surface area contributed by atoms with Crippen LogP contribution < -0.4 is 5.32 Å². The molecule has 12 heavy (non-hydrogen) atoms. The molecule has 4 nitrogen and oxygen atoms in total. The van der Waals surface area contributed by atoms with Gasteiger partial charge >= 0.3 is 0 Å². The first-order chi connectivity index (χ1) is 5.65. The lowest BCUT2D eigenvalue weighted by molar-refractivity contribution is -0.143. The molecule has 1 saturated heterocycles. The van der Waals surface area contributed by atoms with Crippen LogP contribution in [0.2, 0.25) is 0 Å². The summed E-state index contributed by atoms with van der Waals surface area (Å²) in [6.45, 7) is 2.19. The van der Waals surface area contributed by atoms with Crippen molar-refractivity contribution in [3.8, 4) is 0 Å². The van der Waals surface area contributed by atoms with Crippen molar-refractivity contribution >= 4 is 11.8 Å². The van der Waals surface area contributed by atoms with Crippen molar-refractivity contribution in [2.45, 2.75) is 25.8 Å². The van der Waals surface area contributed by atoms with Crippen molar-refractivity contribution in [2.24, 2.45) is 0 Å². The second kappa shape index (κ2) is 3.56. The molecule has 0 aliphatic carbocycles. The van der Waals surface area contributed by atoms with Gasteiger partial charge in [-0.15, -0.1) is 0 Å². The third kappa shape index (κ3) is 1.75. The zero-order chi connectivity index (χ0) is 9.14. The van der Waals surface area contributed by atoms with Crippen LogP contribution in [-0.2, 0) is 9.59 Å². The molecule has 0 aromatic heterocycles. The second-order valence-electron chi connectivity index (χ2n) is 3.10. The van der Waals surface area contributed by atoms with E-state index >= 15 is 0 Å². The van der Waals surface area contributed by atoms with Gasteiger partial charge in [-0.2, -0.15) is 0 Å². The molecule has 0 radical (unpaired) electrons. The van der Waals surface area contributed by atoms with Crippen LogP contribution >= 0.6 is 0 Å². The van der Waals surface area contributed by atoms with Crippen LogP contribution in [0.3, 0.4) is 0 Å². The molecule has 1 rings (SSSR count). The molecule has 0 aromatic carbocycles. The van der Waals surface area contributed by atoms with Gasteiger partial charge in [0.1, 0.15) is 6.04 Å². The van der Waals surface area contributed by atoms with Crippen LogP contribution in [0.25, 0.3) is 0 Å². The Bertz CT molecular complexity index is 203. The molecule has 1 unspecified atom stereocenters. The van der Waals surface area contributed by atoms with E-state index < -0.39 is 0 Å². The molecule has 1 aliphatic rings. The summed E-state index contributed by atoms with van der Waals surface area (Å²) in [6, 6.07) is -0.291. The first-order valence-corrected chi connectivity index (χ1v) is 4.19. The van der Waals surface area contributed by atoms with Gasteiger partial charge in [-0.1, -0.05) is 13.3 Å². The minimum Gasteiger partial charge on any atom is -0.343 e. The zero-order valence-electron chi connectivity index (χ0n) is 7.46. The van der Waals surface area contributed by atoms with Gasteiger partial charge in [-0.25, -0.2) is 0 Å². The van der Waals surface area contributed by atoms with E-state index in [9.17, 15) is 9.59 Å². The molecule has 1 fully saturated rings. The van der Waals surface area contributed by atoms with Crippen LogP contribution in [0.15, 0.2) is 0 Å². The van der Waals surface area contributed by atoms with Crippen molar-refractivity contribution < 1.29 is 9.59 Å². The topological polar surface area (TPSA) is 49.4 Å². The molecule has 1 heterocycles. The van der Waals surface area contributed by atoms with Gasteiger partial charge in [0.05, 0.1) is 6.54 Å². The highest BCUT2D eigenvalue weighted by molar-refractivity contribution is 5.94. The third-order valence-corrected chi connectivity index (χ3v) is 1.97. The van der Waals surface area contributed by atoms with E-state index in [0.717, 1.165) is 12.8 Å². The number of amides is 2. The van der Waals surface area contributed by atoms with E-state index in [1.165, 1.54) is 4.90 Å². The molecule has 68 valence electrons. The Balaban J connectivity index is 2.60. The summed E-state index contributed by atoms with van der Waals surface area (Å²) in [7, 11) is 1.66. The minimum atomic E-state index is -0.291. The van der Waals surface area contributed by atoms with E-state index in [1.54, 1.807) is 7.05 Å². The predicted molar refractivity (Wildman–Crippen MR) is 44.5 cm³/mol. The number of likely N-dealkylation sites (N-methyl/N-ethyl adjacent to an activating group) is 1. The maximum absolute atomic E-state index is 11.4. The van der Waals surface area contributed by atoms with Crippen LogP contribution in [0, 0.1) is 0 Å². The van der Waals surface area contributed by atoms with Gasteiger partial charge in [0, 0.05) is 7.05 Å². The first-order valence-electron chi connectivity index (χ1n) is 4.19. The SMILES string of the molecule is CCCC1NC(=O)CN(C)C1=O. The maximum Gasteiger partial charge on any atom is 0.245 e. The monoisotopic (exact) mass is 170 g/mol. The predicted octanol–water partition coefficient (Wildman–Crippen LogP) is -0.257. The van der Waals surface area contributed by atoms with Crippen LogP contribution in [0.1, 0.15) is 19.8 Å². The van der Waals surface area contributed by atoms with Gasteiger partial charge in [-0.05, 0) is 6.42 Å². The minimum absolute atomic E-state index is 0.0245. The quantitative estimate of drug-likeness (QED) is 0.621. The van der Waals surface area contributed by atoms with Crippen molar-refractivity contribution in [1.29, 1.82) is 0 Å². The molecule has 4 heteroatoms. The molecule has 2 amide bonds. The number of piperazine rings is 1. The summed E-state index contributed by atoms with van der Waals surface area (Å²) in [5, 5.41) is 2.67. The molecule has 0 spiro atoms. The Labute approximate surface area is 71.9 Å². The molecule has 0 saturated carbocycles. The molecular weight excluding hydrogens is 156 g/mol. The van der Waals surface area contributed by atoms with Gasteiger partial charge in [0.2, 0.25) is 11.8 Å². The molecule has 1 aliphatic heterocycles. The van der Waals surface area contributed by atoms with Gasteiger partial charge in [-0.3, -0.25) is 9.59 Å². The van der Waals surface area contributed by atoms with Crippen molar-refractivity contribution in [3.05, 3.63) is 0 Å². The van der Waals surface area contributed by atoms with E-state index in [4.69, 9.17) is 0 Å². The second-order valence-corrected chi connectivity index (χ2v) is 3.10. The molecule has 0 aromatic rings. The normalized spacial score (nSPS) is 24.2. The van der Waals surface area contributed by atoms with Gasteiger partial charge in [0.25, 0.3) is 0 Å². The lowest BCUT2D eigenvalue weighted by Crippen LogP contribution is -2.56. The molecule has 0 bridgehead atoms. The number of carbonyl (C=O) groups is 2. The molecular formula is C8H14N2O2. The number of carbonyl (C=O) groups excluding carboxylic acids is 2. The summed E-state index contributed by atoms with van der Waals surface area (Å²) in [4.78, 5) is 23.8. The number of nitrogens with one attached hydrogen (secondary N) is 1. The first kappa shape index (κ1) is 9.03. The van der Waals surface area contributed by atoms with Crippen molar-refractivity contribution in [2.75, 3.05) is 13.6 Å². The number of hydrogen-bond donors (Lipinski definition) is 1. The smallest absolute Gasteiger partial charge is 0.245 e. The average molecular weight is 170 g/mol. The summed E-state index contributed by atoms with van der Waals surface area (Å²) < 4.78 is 0. The number of nitrogens with zero attached hydrogens (tertiary/aromatic N) is 1. The summed E-state index contributed by atoms with van der Waals surface area (Å²) in [6.07, 6.45) is 1.64. The third-order valence-electron chi connectivity index (χ3n) is 1.97. The molecule has 1 N–H and O–H groups in total. The fraction of sp³-hybridized carbons (Fsp3) is 0.750. The van der Waals surface area contributed by atoms with Crippen LogP contribution in [0.5, 0.6) is 0 Å². The molecule has 1 atom stereocenters. The van der Waals surface area contributed by atoms with E-state index in [1.807, 2.05) is 6.92 Å². The number of rotatable bonds is 2. The standard InChI is InChI=1S/C8H14N2O2/c1-3-4-6-8(12)10(2)5-7(11)9-6/h6H,3-5H2,1-2H3,(H,9,11). The lowest BCUT2D eigenvalue weighted by Gasteiger charge is -2.29. The zero-order valence-corrected chi connectivity index (χ0v) is 7.46. The van der Waals surface area contributed by atoms with E-state index in [0.29, 0.717) is 0 Å². The Kier molecular flexibility index (Phi) is 2.68. The average Bonchev–Trinajstić information content (AvgIpc) is 2.00. The number of hydrogen-bond acceptors (Lipinski definition) is 2. The van der Waals surface area contributed by atoms with Gasteiger partial charge in [0.15, 0.2) is 0 Å². The van der Waals surface area contributed by atoms with Crippen LogP contribution in [-0.4, -0.2) is 36.3 Å². The Morgan fingerprint density at radius 3 is 2.83 bits per heavy atom. The fourth-order valence-corrected chi connectivity index (χ4v) is 1.35. The maximum atomic E-state index is 11.4. The summed E-state index contributed by atoms with van der Waals surface area (Å²) >= 11 is 0. The summed E-state index contributed by atoms with van der Waals surface area (Å²) in [5.74, 6) is -0.0352. The highest BCUT2D eigenvalue weighted by Gasteiger charge is 2.28. The lowest BCUT2D eigenvalue weighted by atomic mass is 10.1. The highest BCUT2D eigenvalue weighted by Crippen LogP contribution is 2.05. The van der Waals surface area contributed by atoms with E-state index in [-0.39, 0.29) is 24.4 Å². The fourth-order valence-electron chi connectivity index (χ4n) is 1.35. The van der Waals surface area contributed by atoms with Crippen LogP contribution in [0.4, 0.5) is 0 Å². The Morgan fingerprint density at radius 1 is 1.58 bits per heavy atom. The van der Waals surface area contributed by atoms with Crippen molar-refractivity contribution in [1.82, 2.24) is 10.2 Å². The largest absolute Gasteiger partial charge is 0.343 e. The summed E-state index contributed by atoms with van der Waals surface area (Å²) in [5.41, 5.74) is 0. The van der Waals surface area contributed by atoms with E-state index in [2.05, 4.69) is 5.32 Å². The Hall–Kier alpha value is -1.06. The highest BCUT2D eigenvalue weighted by atomic mass is 16.2.